The van der Waals surface area contributed by atoms with Crippen LogP contribution in [-0.2, 0) is 11.2 Å². The number of rotatable bonds is 7. The van der Waals surface area contributed by atoms with Crippen LogP contribution in [0.3, 0.4) is 0 Å². The van der Waals surface area contributed by atoms with Gasteiger partial charge in [-0.3, -0.25) is 0 Å². The molecular weight excluding hydrogens is 328 g/mol. The lowest BCUT2D eigenvalue weighted by molar-refractivity contribution is -0.129. The molecule has 0 heterocycles. The summed E-state index contributed by atoms with van der Waals surface area (Å²) >= 11 is 0. The van der Waals surface area contributed by atoms with Crippen LogP contribution in [0, 0.1) is 12.8 Å². The lowest BCUT2D eigenvalue weighted by atomic mass is 9.99. The second-order valence-electron chi connectivity index (χ2n) is 6.36. The van der Waals surface area contributed by atoms with Gasteiger partial charge in [-0.25, -0.2) is 9.59 Å². The molecule has 2 aromatic carbocycles. The van der Waals surface area contributed by atoms with Gasteiger partial charge in [-0.05, 0) is 60.7 Å². The summed E-state index contributed by atoms with van der Waals surface area (Å²) in [5.74, 6) is 0.522. The molecule has 26 heavy (non-hydrogen) atoms. The Labute approximate surface area is 154 Å². The van der Waals surface area contributed by atoms with E-state index in [0.29, 0.717) is 28.5 Å². The lowest BCUT2D eigenvalue weighted by Gasteiger charge is -2.10. The van der Waals surface area contributed by atoms with Crippen LogP contribution >= 0.6 is 0 Å². The van der Waals surface area contributed by atoms with E-state index in [1.54, 1.807) is 25.1 Å². The Morgan fingerprint density at radius 2 is 1.81 bits per heavy atom. The number of hydrogen-bond donors (Lipinski definition) is 0. The van der Waals surface area contributed by atoms with Crippen molar-refractivity contribution in [3.63, 3.8) is 0 Å². The largest absolute Gasteiger partial charge is 0.423 e. The second kappa shape index (κ2) is 8.99. The molecule has 0 fully saturated rings. The zero-order valence-electron chi connectivity index (χ0n) is 15.5. The minimum Gasteiger partial charge on any atom is -0.423 e. The number of carbonyl (C=O) groups excluding carboxylic acids is 2. The number of aryl methyl sites for hydroxylation is 1. The molecule has 0 N–H and O–H groups in total. The Kier molecular flexibility index (Phi) is 6.73. The maximum Gasteiger partial charge on any atom is 0.343 e. The summed E-state index contributed by atoms with van der Waals surface area (Å²) in [6.07, 6.45) is 3.23. The number of esters is 2. The highest BCUT2D eigenvalue weighted by molar-refractivity contribution is 5.91. The van der Waals surface area contributed by atoms with Crippen molar-refractivity contribution in [1.82, 2.24) is 0 Å². The van der Waals surface area contributed by atoms with Gasteiger partial charge in [0.2, 0.25) is 0 Å². The predicted molar refractivity (Wildman–Crippen MR) is 102 cm³/mol. The number of ether oxygens (including phenoxy) is 2. The van der Waals surface area contributed by atoms with Crippen molar-refractivity contribution < 1.29 is 19.1 Å². The summed E-state index contributed by atoms with van der Waals surface area (Å²) in [5, 5.41) is 0. The van der Waals surface area contributed by atoms with Crippen molar-refractivity contribution >= 4 is 11.9 Å². The number of carbonyl (C=O) groups is 2. The highest BCUT2D eigenvalue weighted by Gasteiger charge is 2.12. The van der Waals surface area contributed by atoms with Crippen LogP contribution < -0.4 is 9.47 Å². The van der Waals surface area contributed by atoms with Crippen molar-refractivity contribution in [3.05, 3.63) is 71.8 Å². The third kappa shape index (κ3) is 5.31. The average molecular weight is 352 g/mol. The molecule has 0 aliphatic heterocycles. The minimum atomic E-state index is -0.541. The van der Waals surface area contributed by atoms with Crippen molar-refractivity contribution in [1.29, 1.82) is 0 Å². The third-order valence-electron chi connectivity index (χ3n) is 4.20. The van der Waals surface area contributed by atoms with Crippen LogP contribution in [-0.4, -0.2) is 11.9 Å². The van der Waals surface area contributed by atoms with E-state index in [0.717, 1.165) is 18.9 Å². The molecular formula is C22H24O4. The molecule has 0 spiro atoms. The number of hydrogen-bond acceptors (Lipinski definition) is 4. The van der Waals surface area contributed by atoms with Gasteiger partial charge in [-0.2, -0.15) is 0 Å². The fraction of sp³-hybridized carbons (Fsp3) is 0.273. The topological polar surface area (TPSA) is 52.6 Å². The normalized spacial score (nSPS) is 11.5. The fourth-order valence-electron chi connectivity index (χ4n) is 2.45. The summed E-state index contributed by atoms with van der Waals surface area (Å²) in [7, 11) is 0. The Balaban J connectivity index is 2.04. The molecule has 0 saturated carbocycles. The van der Waals surface area contributed by atoms with Crippen LogP contribution in [0.25, 0.3) is 0 Å². The Hall–Kier alpha value is -2.88. The summed E-state index contributed by atoms with van der Waals surface area (Å²) in [6, 6.07) is 12.4. The molecule has 1 atom stereocenters. The van der Waals surface area contributed by atoms with Crippen molar-refractivity contribution in [3.8, 4) is 11.5 Å². The fourth-order valence-corrected chi connectivity index (χ4v) is 2.45. The van der Waals surface area contributed by atoms with Crippen LogP contribution in [0.4, 0.5) is 0 Å². The second-order valence-corrected chi connectivity index (χ2v) is 6.36. The molecule has 1 unspecified atom stereocenters. The molecule has 2 rings (SSSR count). The van der Waals surface area contributed by atoms with Crippen LogP contribution in [0.15, 0.2) is 55.1 Å². The Bertz CT molecular complexity index is 790. The molecule has 136 valence electrons. The number of benzene rings is 2. The van der Waals surface area contributed by atoms with Gasteiger partial charge < -0.3 is 9.47 Å². The van der Waals surface area contributed by atoms with Crippen molar-refractivity contribution in [2.45, 2.75) is 33.6 Å². The Morgan fingerprint density at radius 3 is 2.38 bits per heavy atom. The quantitative estimate of drug-likeness (QED) is 0.404. The maximum absolute atomic E-state index is 12.3. The van der Waals surface area contributed by atoms with Gasteiger partial charge in [0.15, 0.2) is 0 Å². The van der Waals surface area contributed by atoms with Crippen molar-refractivity contribution in [2.24, 2.45) is 5.92 Å². The van der Waals surface area contributed by atoms with Gasteiger partial charge in [-0.15, -0.1) is 0 Å². The zero-order valence-corrected chi connectivity index (χ0v) is 15.5. The first kappa shape index (κ1) is 19.4. The summed E-state index contributed by atoms with van der Waals surface area (Å²) in [5.41, 5.74) is 2.28. The van der Waals surface area contributed by atoms with Gasteiger partial charge in [-0.1, -0.05) is 39.0 Å². The first-order chi connectivity index (χ1) is 12.4. The van der Waals surface area contributed by atoms with E-state index in [1.807, 2.05) is 24.3 Å². The summed E-state index contributed by atoms with van der Waals surface area (Å²) < 4.78 is 10.5. The highest BCUT2D eigenvalue weighted by Crippen LogP contribution is 2.22. The smallest absolute Gasteiger partial charge is 0.343 e. The molecule has 0 radical (unpaired) electrons. The zero-order chi connectivity index (χ0) is 19.1. The van der Waals surface area contributed by atoms with E-state index in [4.69, 9.17) is 9.47 Å². The standard InChI is InChI=1S/C22H24O4/c1-5-15(3)13-17-7-10-19(11-8-17)25-22(24)18-9-12-20(16(4)14-18)26-21(23)6-2/h6-12,14-15H,2,5,13H2,1,3-4H3. The molecule has 0 bridgehead atoms. The monoisotopic (exact) mass is 352 g/mol. The van der Waals surface area contributed by atoms with Crippen LogP contribution in [0.2, 0.25) is 0 Å². The molecule has 4 heteroatoms. The minimum absolute atomic E-state index is 0.390. The van der Waals surface area contributed by atoms with Gasteiger partial charge in [0, 0.05) is 6.08 Å². The summed E-state index contributed by atoms with van der Waals surface area (Å²) in [4.78, 5) is 23.6. The SMILES string of the molecule is C=CC(=O)Oc1ccc(C(=O)Oc2ccc(CC(C)CC)cc2)cc1C. The molecule has 0 saturated heterocycles. The van der Waals surface area contributed by atoms with E-state index in [9.17, 15) is 9.59 Å². The molecule has 0 aliphatic carbocycles. The van der Waals surface area contributed by atoms with E-state index in [2.05, 4.69) is 20.4 Å². The van der Waals surface area contributed by atoms with Gasteiger partial charge in [0.1, 0.15) is 11.5 Å². The molecule has 0 aliphatic rings. The van der Waals surface area contributed by atoms with Gasteiger partial charge in [0.25, 0.3) is 0 Å². The molecule has 4 nitrogen and oxygen atoms in total. The van der Waals surface area contributed by atoms with Gasteiger partial charge in [0.05, 0.1) is 5.56 Å². The predicted octanol–water partition coefficient (Wildman–Crippen LogP) is 4.89. The van der Waals surface area contributed by atoms with Gasteiger partial charge >= 0.3 is 11.9 Å². The maximum atomic E-state index is 12.3. The van der Waals surface area contributed by atoms with Crippen LogP contribution in [0.1, 0.15) is 41.8 Å². The highest BCUT2D eigenvalue weighted by atomic mass is 16.5. The third-order valence-corrected chi connectivity index (χ3v) is 4.20. The molecule has 0 amide bonds. The van der Waals surface area contributed by atoms with E-state index < -0.39 is 11.9 Å². The first-order valence-electron chi connectivity index (χ1n) is 8.69. The van der Waals surface area contributed by atoms with E-state index in [-0.39, 0.29) is 0 Å². The molecule has 0 aromatic heterocycles. The average Bonchev–Trinajstić information content (AvgIpc) is 2.64. The lowest BCUT2D eigenvalue weighted by Crippen LogP contribution is -2.10. The first-order valence-corrected chi connectivity index (χ1v) is 8.69. The van der Waals surface area contributed by atoms with Crippen LogP contribution in [0.5, 0.6) is 11.5 Å². The van der Waals surface area contributed by atoms with E-state index in [1.165, 1.54) is 5.56 Å². The molecule has 2 aromatic rings. The van der Waals surface area contributed by atoms with E-state index >= 15 is 0 Å². The Morgan fingerprint density at radius 1 is 1.12 bits per heavy atom. The summed E-state index contributed by atoms with van der Waals surface area (Å²) in [6.45, 7) is 9.50. The van der Waals surface area contributed by atoms with Crippen molar-refractivity contribution in [2.75, 3.05) is 0 Å².